The molecule has 1 saturated carbocycles. The van der Waals surface area contributed by atoms with Gasteiger partial charge in [-0.05, 0) is 31.0 Å². The molecule has 0 bridgehead atoms. The lowest BCUT2D eigenvalue weighted by Crippen LogP contribution is -2.48. The van der Waals surface area contributed by atoms with Crippen molar-refractivity contribution in [2.75, 3.05) is 10.6 Å². The molecule has 1 aromatic heterocycles. The van der Waals surface area contributed by atoms with Gasteiger partial charge in [-0.25, -0.2) is 4.79 Å². The molecule has 0 aliphatic heterocycles. The summed E-state index contributed by atoms with van der Waals surface area (Å²) in [5.74, 6) is 0.426. The standard InChI is InChI=1S/C23H23N5O3/c24-14-16-10-11-17(25-18-8-4-5-9-19(18)27-23(29)30)12-20(16)26-22-13-21(28-31-22)15-6-2-1-3-7-15/h1-3,6-7,10-13,18-19,25-27H,4-5,8-9H2,(H,29,30). The van der Waals surface area contributed by atoms with Crippen molar-refractivity contribution in [2.24, 2.45) is 0 Å². The van der Waals surface area contributed by atoms with Gasteiger partial charge in [0, 0.05) is 23.4 Å². The molecular formula is C23H23N5O3. The van der Waals surface area contributed by atoms with E-state index in [4.69, 9.17) is 9.63 Å². The molecule has 3 aromatic rings. The molecule has 4 rings (SSSR count). The minimum Gasteiger partial charge on any atom is -0.465 e. The number of hydrogen-bond donors (Lipinski definition) is 4. The van der Waals surface area contributed by atoms with E-state index in [9.17, 15) is 10.1 Å². The molecule has 31 heavy (non-hydrogen) atoms. The molecule has 1 aliphatic rings. The molecule has 2 unspecified atom stereocenters. The highest BCUT2D eigenvalue weighted by Gasteiger charge is 2.26. The molecule has 8 heteroatoms. The van der Waals surface area contributed by atoms with Crippen molar-refractivity contribution >= 4 is 23.4 Å². The number of aromatic nitrogens is 1. The number of nitrogens with zero attached hydrogens (tertiary/aromatic N) is 2. The Kier molecular flexibility index (Phi) is 6.03. The summed E-state index contributed by atoms with van der Waals surface area (Å²) in [6, 6.07) is 18.8. The van der Waals surface area contributed by atoms with Crippen LogP contribution in [-0.4, -0.2) is 28.4 Å². The number of anilines is 3. The SMILES string of the molecule is N#Cc1ccc(NC2CCCCC2NC(=O)O)cc1Nc1cc(-c2ccccc2)no1. The predicted octanol–water partition coefficient (Wildman–Crippen LogP) is 4.95. The molecule has 2 atom stereocenters. The molecule has 0 spiro atoms. The molecular weight excluding hydrogens is 394 g/mol. The number of nitrogens with one attached hydrogen (secondary N) is 3. The van der Waals surface area contributed by atoms with Gasteiger partial charge in [-0.15, -0.1) is 0 Å². The summed E-state index contributed by atoms with van der Waals surface area (Å²) >= 11 is 0. The Morgan fingerprint density at radius 3 is 2.61 bits per heavy atom. The maximum atomic E-state index is 11.1. The molecule has 1 aliphatic carbocycles. The Balaban J connectivity index is 1.52. The highest BCUT2D eigenvalue weighted by Crippen LogP contribution is 2.29. The fourth-order valence-corrected chi connectivity index (χ4v) is 3.90. The van der Waals surface area contributed by atoms with Gasteiger partial charge in [0.05, 0.1) is 17.3 Å². The van der Waals surface area contributed by atoms with Crippen LogP contribution in [0.2, 0.25) is 0 Å². The van der Waals surface area contributed by atoms with Crippen LogP contribution in [0.1, 0.15) is 31.2 Å². The van der Waals surface area contributed by atoms with Gasteiger partial charge in [-0.3, -0.25) is 0 Å². The van der Waals surface area contributed by atoms with Gasteiger partial charge in [0.2, 0.25) is 5.88 Å². The number of benzene rings is 2. The zero-order valence-corrected chi connectivity index (χ0v) is 16.8. The Labute approximate surface area is 179 Å². The second kappa shape index (κ2) is 9.22. The third kappa shape index (κ3) is 4.95. The topological polar surface area (TPSA) is 123 Å². The minimum atomic E-state index is -1.01. The summed E-state index contributed by atoms with van der Waals surface area (Å²) in [4.78, 5) is 11.1. The monoisotopic (exact) mass is 417 g/mol. The molecule has 158 valence electrons. The lowest BCUT2D eigenvalue weighted by Gasteiger charge is -2.32. The zero-order chi connectivity index (χ0) is 21.6. The Morgan fingerprint density at radius 1 is 1.10 bits per heavy atom. The largest absolute Gasteiger partial charge is 0.465 e. The van der Waals surface area contributed by atoms with Crippen LogP contribution in [-0.2, 0) is 0 Å². The van der Waals surface area contributed by atoms with Crippen molar-refractivity contribution in [3.05, 3.63) is 60.2 Å². The van der Waals surface area contributed by atoms with Crippen LogP contribution in [0, 0.1) is 11.3 Å². The van der Waals surface area contributed by atoms with E-state index in [0.29, 0.717) is 22.8 Å². The van der Waals surface area contributed by atoms with E-state index in [0.717, 1.165) is 36.9 Å². The fourth-order valence-electron chi connectivity index (χ4n) is 3.90. The van der Waals surface area contributed by atoms with E-state index in [1.165, 1.54) is 0 Å². The summed E-state index contributed by atoms with van der Waals surface area (Å²) < 4.78 is 5.41. The van der Waals surface area contributed by atoms with Gasteiger partial charge in [-0.2, -0.15) is 5.26 Å². The smallest absolute Gasteiger partial charge is 0.404 e. The van der Waals surface area contributed by atoms with Crippen molar-refractivity contribution in [3.63, 3.8) is 0 Å². The van der Waals surface area contributed by atoms with Crippen molar-refractivity contribution in [3.8, 4) is 17.3 Å². The number of nitriles is 1. The van der Waals surface area contributed by atoms with E-state index in [1.54, 1.807) is 12.1 Å². The Morgan fingerprint density at radius 2 is 1.87 bits per heavy atom. The predicted molar refractivity (Wildman–Crippen MR) is 117 cm³/mol. The second-order valence-corrected chi connectivity index (χ2v) is 7.53. The molecule has 2 aromatic carbocycles. The van der Waals surface area contributed by atoms with Crippen LogP contribution < -0.4 is 16.0 Å². The summed E-state index contributed by atoms with van der Waals surface area (Å²) in [5, 5.41) is 31.9. The van der Waals surface area contributed by atoms with Gasteiger partial charge >= 0.3 is 6.09 Å². The van der Waals surface area contributed by atoms with Crippen LogP contribution in [0.3, 0.4) is 0 Å². The van der Waals surface area contributed by atoms with Gasteiger partial charge in [-0.1, -0.05) is 48.3 Å². The van der Waals surface area contributed by atoms with Gasteiger partial charge < -0.3 is 25.6 Å². The summed E-state index contributed by atoms with van der Waals surface area (Å²) in [5.41, 5.74) is 3.48. The number of carbonyl (C=O) groups is 1. The molecule has 4 N–H and O–H groups in total. The van der Waals surface area contributed by atoms with Crippen LogP contribution in [0.25, 0.3) is 11.3 Å². The van der Waals surface area contributed by atoms with Gasteiger partial charge in [0.25, 0.3) is 0 Å². The second-order valence-electron chi connectivity index (χ2n) is 7.53. The van der Waals surface area contributed by atoms with Crippen LogP contribution in [0.4, 0.5) is 22.1 Å². The molecule has 8 nitrogen and oxygen atoms in total. The van der Waals surface area contributed by atoms with Crippen molar-refractivity contribution < 1.29 is 14.4 Å². The van der Waals surface area contributed by atoms with E-state index in [1.807, 2.05) is 42.5 Å². The third-order valence-electron chi connectivity index (χ3n) is 5.40. The molecule has 1 amide bonds. The van der Waals surface area contributed by atoms with Crippen LogP contribution >= 0.6 is 0 Å². The highest BCUT2D eigenvalue weighted by atomic mass is 16.5. The summed E-state index contributed by atoms with van der Waals surface area (Å²) in [6.45, 7) is 0. The van der Waals surface area contributed by atoms with E-state index in [-0.39, 0.29) is 12.1 Å². The first-order chi connectivity index (χ1) is 15.1. The molecule has 0 radical (unpaired) electrons. The number of amides is 1. The zero-order valence-electron chi connectivity index (χ0n) is 16.8. The third-order valence-corrected chi connectivity index (χ3v) is 5.40. The van der Waals surface area contributed by atoms with E-state index in [2.05, 4.69) is 27.2 Å². The lowest BCUT2D eigenvalue weighted by molar-refractivity contribution is 0.184. The summed E-state index contributed by atoms with van der Waals surface area (Å²) in [7, 11) is 0. The van der Waals surface area contributed by atoms with Crippen molar-refractivity contribution in [2.45, 2.75) is 37.8 Å². The van der Waals surface area contributed by atoms with Crippen LogP contribution in [0.5, 0.6) is 0 Å². The van der Waals surface area contributed by atoms with Crippen LogP contribution in [0.15, 0.2) is 59.1 Å². The molecule has 0 saturated heterocycles. The maximum Gasteiger partial charge on any atom is 0.404 e. The highest BCUT2D eigenvalue weighted by molar-refractivity contribution is 5.71. The van der Waals surface area contributed by atoms with E-state index < -0.39 is 6.09 Å². The number of hydrogen-bond acceptors (Lipinski definition) is 6. The molecule has 1 heterocycles. The average Bonchev–Trinajstić information content (AvgIpc) is 3.24. The lowest BCUT2D eigenvalue weighted by atomic mass is 9.90. The van der Waals surface area contributed by atoms with E-state index >= 15 is 0 Å². The first-order valence-electron chi connectivity index (χ1n) is 10.2. The van der Waals surface area contributed by atoms with Crippen molar-refractivity contribution in [1.82, 2.24) is 10.5 Å². The average molecular weight is 417 g/mol. The Hall–Kier alpha value is -3.99. The summed E-state index contributed by atoms with van der Waals surface area (Å²) in [6.07, 6.45) is 2.69. The quantitative estimate of drug-likeness (QED) is 0.447. The fraction of sp³-hybridized carbons (Fsp3) is 0.261. The number of carboxylic acid groups (broad SMARTS) is 1. The minimum absolute atomic E-state index is 0.0133. The maximum absolute atomic E-state index is 11.1. The first-order valence-corrected chi connectivity index (χ1v) is 10.2. The van der Waals surface area contributed by atoms with Crippen molar-refractivity contribution in [1.29, 1.82) is 5.26 Å². The first kappa shape index (κ1) is 20.3. The van der Waals surface area contributed by atoms with Gasteiger partial charge in [0.1, 0.15) is 11.8 Å². The normalized spacial score (nSPS) is 18.0. The van der Waals surface area contributed by atoms with Gasteiger partial charge in [0.15, 0.2) is 0 Å². The Bertz CT molecular complexity index is 1090. The number of rotatable bonds is 6. The molecule has 1 fully saturated rings.